The standard InChI is InChI=1S/C18H32O3S/c1-5-8-10-11-12-14-16(22)18(4,17(20)21-7-3)15(19)13-9-6-2/h6,16,22H,2,5,7-14H2,1,3-4H3. The smallest absolute Gasteiger partial charge is 0.320 e. The number of carbonyl (C=O) groups excluding carboxylic acids is 2. The summed E-state index contributed by atoms with van der Waals surface area (Å²) < 4.78 is 5.14. The van der Waals surface area contributed by atoms with E-state index in [2.05, 4.69) is 26.1 Å². The van der Waals surface area contributed by atoms with Gasteiger partial charge in [0.25, 0.3) is 0 Å². The number of hydrogen-bond acceptors (Lipinski definition) is 4. The van der Waals surface area contributed by atoms with E-state index in [9.17, 15) is 9.59 Å². The zero-order chi connectivity index (χ0) is 17.0. The van der Waals surface area contributed by atoms with Crippen molar-refractivity contribution in [1.29, 1.82) is 0 Å². The fraction of sp³-hybridized carbons (Fsp3) is 0.778. The Kier molecular flexibility index (Phi) is 11.3. The Morgan fingerprint density at radius 3 is 2.41 bits per heavy atom. The van der Waals surface area contributed by atoms with Crippen LogP contribution in [0.1, 0.15) is 72.1 Å². The molecule has 2 unspecified atom stereocenters. The van der Waals surface area contributed by atoms with E-state index in [-0.39, 0.29) is 17.6 Å². The Balaban J connectivity index is 4.78. The van der Waals surface area contributed by atoms with E-state index in [0.717, 1.165) is 19.3 Å². The predicted molar refractivity (Wildman–Crippen MR) is 95.3 cm³/mol. The number of carbonyl (C=O) groups is 2. The molecule has 0 aliphatic heterocycles. The van der Waals surface area contributed by atoms with Crippen molar-refractivity contribution >= 4 is 24.4 Å². The lowest BCUT2D eigenvalue weighted by Gasteiger charge is -2.31. The fourth-order valence-electron chi connectivity index (χ4n) is 2.44. The van der Waals surface area contributed by atoms with Crippen molar-refractivity contribution in [2.75, 3.05) is 6.61 Å². The van der Waals surface area contributed by atoms with E-state index in [1.54, 1.807) is 19.9 Å². The van der Waals surface area contributed by atoms with Gasteiger partial charge in [0.05, 0.1) is 6.61 Å². The molecule has 0 bridgehead atoms. The van der Waals surface area contributed by atoms with Crippen LogP contribution in [0.3, 0.4) is 0 Å². The van der Waals surface area contributed by atoms with E-state index in [1.165, 1.54) is 19.3 Å². The summed E-state index contributed by atoms with van der Waals surface area (Å²) in [5.74, 6) is -0.544. The van der Waals surface area contributed by atoms with Crippen LogP contribution in [0.2, 0.25) is 0 Å². The second-order valence-corrected chi connectivity index (χ2v) is 6.52. The normalized spacial score (nSPS) is 14.9. The number of allylic oxidation sites excluding steroid dienone is 1. The van der Waals surface area contributed by atoms with Crippen LogP contribution < -0.4 is 0 Å². The summed E-state index contributed by atoms with van der Waals surface area (Å²) in [5, 5.41) is -0.300. The van der Waals surface area contributed by atoms with Crippen LogP contribution in [0.4, 0.5) is 0 Å². The molecular weight excluding hydrogens is 296 g/mol. The van der Waals surface area contributed by atoms with Crippen molar-refractivity contribution in [1.82, 2.24) is 0 Å². The summed E-state index contributed by atoms with van der Waals surface area (Å²) >= 11 is 4.58. The Labute approximate surface area is 141 Å². The quantitative estimate of drug-likeness (QED) is 0.174. The Morgan fingerprint density at radius 2 is 1.86 bits per heavy atom. The summed E-state index contributed by atoms with van der Waals surface area (Å²) in [6.45, 7) is 9.52. The van der Waals surface area contributed by atoms with Crippen molar-refractivity contribution in [2.24, 2.45) is 5.41 Å². The summed E-state index contributed by atoms with van der Waals surface area (Å²) in [5.41, 5.74) is -1.16. The third-order valence-corrected chi connectivity index (χ3v) is 4.88. The second kappa shape index (κ2) is 11.8. The van der Waals surface area contributed by atoms with Crippen molar-refractivity contribution in [3.63, 3.8) is 0 Å². The highest BCUT2D eigenvalue weighted by Gasteiger charge is 2.46. The molecule has 0 radical (unpaired) electrons. The first-order chi connectivity index (χ1) is 10.4. The van der Waals surface area contributed by atoms with Crippen LogP contribution in [0, 0.1) is 5.41 Å². The molecule has 0 saturated carbocycles. The molecule has 0 aromatic rings. The molecule has 0 rings (SSSR count). The van der Waals surface area contributed by atoms with Gasteiger partial charge in [-0.1, -0.05) is 45.1 Å². The van der Waals surface area contributed by atoms with Gasteiger partial charge in [0.15, 0.2) is 5.78 Å². The minimum atomic E-state index is -1.16. The lowest BCUT2D eigenvalue weighted by molar-refractivity contribution is -0.159. The molecule has 3 nitrogen and oxygen atoms in total. The monoisotopic (exact) mass is 328 g/mol. The first-order valence-electron chi connectivity index (χ1n) is 8.44. The molecular formula is C18H32O3S. The zero-order valence-electron chi connectivity index (χ0n) is 14.4. The van der Waals surface area contributed by atoms with Gasteiger partial charge in [-0.25, -0.2) is 0 Å². The van der Waals surface area contributed by atoms with Gasteiger partial charge in [-0.05, 0) is 26.7 Å². The SMILES string of the molecule is C=CCCC(=O)C(C)(C(=O)OCC)C(S)CCCCCCC. The number of ether oxygens (including phenoxy) is 1. The van der Waals surface area contributed by atoms with Gasteiger partial charge < -0.3 is 4.74 Å². The topological polar surface area (TPSA) is 43.4 Å². The molecule has 0 aromatic carbocycles. The van der Waals surface area contributed by atoms with E-state index in [1.807, 2.05) is 0 Å². The molecule has 22 heavy (non-hydrogen) atoms. The first-order valence-corrected chi connectivity index (χ1v) is 8.96. The van der Waals surface area contributed by atoms with Crippen LogP contribution in [-0.2, 0) is 14.3 Å². The predicted octanol–water partition coefficient (Wildman–Crippen LogP) is 4.75. The summed E-state index contributed by atoms with van der Waals surface area (Å²) in [6.07, 6.45) is 9.05. The molecule has 0 aromatic heterocycles. The third kappa shape index (κ3) is 6.55. The molecule has 2 atom stereocenters. The Morgan fingerprint density at radius 1 is 1.23 bits per heavy atom. The second-order valence-electron chi connectivity index (χ2n) is 5.89. The van der Waals surface area contributed by atoms with E-state index < -0.39 is 11.4 Å². The van der Waals surface area contributed by atoms with Crippen molar-refractivity contribution in [3.05, 3.63) is 12.7 Å². The summed E-state index contributed by atoms with van der Waals surface area (Å²) in [4.78, 5) is 24.8. The number of ketones is 1. The van der Waals surface area contributed by atoms with E-state index in [4.69, 9.17) is 4.74 Å². The lowest BCUT2D eigenvalue weighted by Crippen LogP contribution is -2.45. The van der Waals surface area contributed by atoms with Gasteiger partial charge in [0.2, 0.25) is 0 Å². The molecule has 0 fully saturated rings. The molecule has 4 heteroatoms. The molecule has 0 heterocycles. The minimum Gasteiger partial charge on any atom is -0.465 e. The molecule has 0 aliphatic rings. The number of Topliss-reactive ketones (excluding diaryl/α,β-unsaturated/α-hetero) is 1. The Bertz CT molecular complexity index is 354. The first kappa shape index (κ1) is 21.2. The maximum Gasteiger partial charge on any atom is 0.320 e. The highest BCUT2D eigenvalue weighted by molar-refractivity contribution is 7.81. The molecule has 128 valence electrons. The maximum atomic E-state index is 12.5. The zero-order valence-corrected chi connectivity index (χ0v) is 15.3. The number of thiol groups is 1. The van der Waals surface area contributed by atoms with Crippen LogP contribution in [0.25, 0.3) is 0 Å². The highest BCUT2D eigenvalue weighted by Crippen LogP contribution is 2.34. The number of rotatable bonds is 13. The summed E-state index contributed by atoms with van der Waals surface area (Å²) in [7, 11) is 0. The van der Waals surface area contributed by atoms with Crippen molar-refractivity contribution in [3.8, 4) is 0 Å². The van der Waals surface area contributed by atoms with Gasteiger partial charge in [0.1, 0.15) is 5.41 Å². The van der Waals surface area contributed by atoms with Crippen molar-refractivity contribution < 1.29 is 14.3 Å². The van der Waals surface area contributed by atoms with Crippen molar-refractivity contribution in [2.45, 2.75) is 77.4 Å². The maximum absolute atomic E-state index is 12.5. The molecule has 0 aliphatic carbocycles. The van der Waals surface area contributed by atoms with Crippen LogP contribution >= 0.6 is 12.6 Å². The van der Waals surface area contributed by atoms with E-state index in [0.29, 0.717) is 12.8 Å². The molecule has 0 amide bonds. The lowest BCUT2D eigenvalue weighted by atomic mass is 9.78. The Hall–Kier alpha value is -0.770. The largest absolute Gasteiger partial charge is 0.465 e. The number of esters is 1. The fourth-order valence-corrected chi connectivity index (χ4v) is 2.87. The van der Waals surface area contributed by atoms with Gasteiger partial charge in [-0.3, -0.25) is 9.59 Å². The van der Waals surface area contributed by atoms with Crippen LogP contribution in [-0.4, -0.2) is 23.6 Å². The number of unbranched alkanes of at least 4 members (excludes halogenated alkanes) is 4. The van der Waals surface area contributed by atoms with Gasteiger partial charge >= 0.3 is 5.97 Å². The average Bonchev–Trinajstić information content (AvgIpc) is 2.51. The summed E-state index contributed by atoms with van der Waals surface area (Å²) in [6, 6.07) is 0. The van der Waals surface area contributed by atoms with Crippen LogP contribution in [0.5, 0.6) is 0 Å². The number of hydrogen-bond donors (Lipinski definition) is 1. The highest BCUT2D eigenvalue weighted by atomic mass is 32.1. The van der Waals surface area contributed by atoms with Gasteiger partial charge in [0, 0.05) is 11.7 Å². The molecule has 0 N–H and O–H groups in total. The average molecular weight is 329 g/mol. The molecule has 0 spiro atoms. The van der Waals surface area contributed by atoms with Gasteiger partial charge in [-0.2, -0.15) is 12.6 Å². The van der Waals surface area contributed by atoms with E-state index >= 15 is 0 Å². The molecule has 0 saturated heterocycles. The third-order valence-electron chi connectivity index (χ3n) is 4.10. The minimum absolute atomic E-state index is 0.0978. The van der Waals surface area contributed by atoms with Gasteiger partial charge in [-0.15, -0.1) is 6.58 Å². The van der Waals surface area contributed by atoms with Crippen LogP contribution in [0.15, 0.2) is 12.7 Å².